The summed E-state index contributed by atoms with van der Waals surface area (Å²) in [5, 5.41) is 3.13. The van der Waals surface area contributed by atoms with Crippen LogP contribution in [0.3, 0.4) is 0 Å². The van der Waals surface area contributed by atoms with Crippen molar-refractivity contribution < 1.29 is 0 Å². The molecule has 1 aliphatic heterocycles. The maximum atomic E-state index is 2.66. The molecule has 0 saturated heterocycles. The van der Waals surface area contributed by atoms with Crippen molar-refractivity contribution in [1.82, 2.24) is 0 Å². The number of benzene rings is 5. The van der Waals surface area contributed by atoms with Gasteiger partial charge in [0.2, 0.25) is 0 Å². The molecule has 248 valence electrons. The van der Waals surface area contributed by atoms with Crippen LogP contribution in [-0.4, -0.2) is 8.07 Å². The number of hydrogen-bond acceptors (Lipinski definition) is 1. The third-order valence-corrected chi connectivity index (χ3v) is 17.0. The normalized spacial score (nSPS) is 23.5. The van der Waals surface area contributed by atoms with Gasteiger partial charge in [-0.15, -0.1) is 0 Å². The smallest absolute Gasteiger partial charge is 0.113 e. The van der Waals surface area contributed by atoms with E-state index in [1.54, 1.807) is 10.4 Å². The van der Waals surface area contributed by atoms with E-state index in [1.807, 2.05) is 0 Å². The van der Waals surface area contributed by atoms with Crippen LogP contribution in [0.2, 0.25) is 13.1 Å². The molecule has 0 radical (unpaired) electrons. The fourth-order valence-electron chi connectivity index (χ4n) is 10.7. The molecule has 0 aromatic heterocycles. The Morgan fingerprint density at radius 2 is 1.27 bits per heavy atom. The minimum absolute atomic E-state index is 0.105. The molecule has 1 nitrogen and oxygen atoms in total. The molecule has 2 saturated carbocycles. The molecule has 5 aromatic rings. The summed E-state index contributed by atoms with van der Waals surface area (Å²) in [4.78, 5) is 2.66. The Morgan fingerprint density at radius 1 is 0.592 bits per heavy atom. The monoisotopic (exact) mass is 657 g/mol. The summed E-state index contributed by atoms with van der Waals surface area (Å²) in [5.41, 5.74) is 14.4. The number of para-hydroxylation sites is 2. The van der Waals surface area contributed by atoms with Crippen LogP contribution in [0.5, 0.6) is 0 Å². The van der Waals surface area contributed by atoms with E-state index >= 15 is 0 Å². The zero-order chi connectivity index (χ0) is 33.7. The van der Waals surface area contributed by atoms with Gasteiger partial charge in [0.15, 0.2) is 0 Å². The van der Waals surface area contributed by atoms with E-state index in [9.17, 15) is 0 Å². The van der Waals surface area contributed by atoms with Crippen molar-refractivity contribution in [2.45, 2.75) is 96.1 Å². The van der Waals surface area contributed by atoms with Gasteiger partial charge in [-0.05, 0) is 129 Å². The molecule has 2 heteroatoms. The van der Waals surface area contributed by atoms with Gasteiger partial charge in [0.05, 0.1) is 5.69 Å². The summed E-state index contributed by atoms with van der Waals surface area (Å²) in [7, 11) is -1.77. The van der Waals surface area contributed by atoms with Crippen molar-refractivity contribution in [2.24, 2.45) is 11.8 Å². The maximum Gasteiger partial charge on any atom is 0.113 e. The van der Waals surface area contributed by atoms with E-state index in [1.165, 1.54) is 94.5 Å². The molecule has 0 amide bonds. The lowest BCUT2D eigenvalue weighted by Crippen LogP contribution is -2.49. The molecule has 49 heavy (non-hydrogen) atoms. The number of nitrogens with zero attached hydrogens (tertiary/aromatic N) is 1. The Bertz CT molecular complexity index is 2100. The SMILES string of the molecule is CC1(C)CCC(C)(C)c2c(-c3ccccc3N(c3ccc4c(c3)-c3ccccc3[Si]4(C)C)c3ccccc3C3CC4CCC3C4)cccc21. The molecule has 9 rings (SSSR count). The highest BCUT2D eigenvalue weighted by atomic mass is 28.3. The fraction of sp³-hybridized carbons (Fsp3) is 0.362. The number of rotatable bonds is 5. The molecule has 3 aliphatic carbocycles. The highest BCUT2D eigenvalue weighted by molar-refractivity contribution is 7.03. The average molecular weight is 658 g/mol. The largest absolute Gasteiger partial charge is 0.310 e. The second-order valence-corrected chi connectivity index (χ2v) is 21.9. The molecular formula is C47H51NSi. The van der Waals surface area contributed by atoms with Crippen LogP contribution in [0.25, 0.3) is 22.3 Å². The summed E-state index contributed by atoms with van der Waals surface area (Å²) >= 11 is 0. The second-order valence-electron chi connectivity index (χ2n) is 17.6. The zero-order valence-corrected chi connectivity index (χ0v) is 31.3. The fourth-order valence-corrected chi connectivity index (χ4v) is 13.8. The predicted molar refractivity (Wildman–Crippen MR) is 212 cm³/mol. The van der Waals surface area contributed by atoms with Gasteiger partial charge in [0, 0.05) is 16.9 Å². The molecule has 1 heterocycles. The van der Waals surface area contributed by atoms with Gasteiger partial charge < -0.3 is 4.90 Å². The summed E-state index contributed by atoms with van der Waals surface area (Å²) in [6.45, 7) is 14.9. The molecule has 0 spiro atoms. The van der Waals surface area contributed by atoms with Gasteiger partial charge in [0.1, 0.15) is 8.07 Å². The van der Waals surface area contributed by atoms with E-state index in [4.69, 9.17) is 0 Å². The lowest BCUT2D eigenvalue weighted by Gasteiger charge is -2.43. The van der Waals surface area contributed by atoms with Crippen LogP contribution in [0.1, 0.15) is 88.8 Å². The van der Waals surface area contributed by atoms with E-state index in [0.29, 0.717) is 5.92 Å². The summed E-state index contributed by atoms with van der Waals surface area (Å²) in [6.07, 6.45) is 7.97. The van der Waals surface area contributed by atoms with Gasteiger partial charge in [-0.3, -0.25) is 0 Å². The predicted octanol–water partition coefficient (Wildman–Crippen LogP) is 11.9. The highest BCUT2D eigenvalue weighted by Gasteiger charge is 2.43. The Labute approximate surface area is 295 Å². The van der Waals surface area contributed by atoms with Gasteiger partial charge in [0.25, 0.3) is 0 Å². The Balaban J connectivity index is 1.30. The molecular weight excluding hydrogens is 607 g/mol. The van der Waals surface area contributed by atoms with Crippen molar-refractivity contribution in [3.63, 3.8) is 0 Å². The van der Waals surface area contributed by atoms with Crippen LogP contribution in [0.15, 0.2) is 109 Å². The van der Waals surface area contributed by atoms with Crippen LogP contribution in [-0.2, 0) is 10.8 Å². The van der Waals surface area contributed by atoms with E-state index in [2.05, 4.69) is 155 Å². The van der Waals surface area contributed by atoms with Gasteiger partial charge in [-0.2, -0.15) is 0 Å². The standard InChI is InChI=1S/C47H51NSi/c1-46(2)26-27-47(3,4)45-37(17-13-18-40(45)46)34-14-7-10-19-41(34)48(42-20-11-8-15-35(42)38-29-31-22-23-32(38)28-31)33-24-25-44-39(30-33)36-16-9-12-21-43(36)49(44,5)6/h7-21,24-25,30-32,38H,22-23,26-29H2,1-6H3. The first-order valence-electron chi connectivity index (χ1n) is 18.9. The number of anilines is 3. The first kappa shape index (κ1) is 31.1. The highest BCUT2D eigenvalue weighted by Crippen LogP contribution is 2.56. The Morgan fingerprint density at radius 3 is 2.04 bits per heavy atom. The Kier molecular flexibility index (Phi) is 7.02. The topological polar surface area (TPSA) is 3.24 Å². The lowest BCUT2D eigenvalue weighted by molar-refractivity contribution is 0.333. The molecule has 3 unspecified atom stereocenters. The Hall–Kier alpha value is -3.88. The molecule has 0 N–H and O–H groups in total. The third-order valence-electron chi connectivity index (χ3n) is 13.4. The minimum Gasteiger partial charge on any atom is -0.310 e. The minimum atomic E-state index is -1.77. The van der Waals surface area contributed by atoms with Crippen LogP contribution in [0, 0.1) is 11.8 Å². The quantitative estimate of drug-likeness (QED) is 0.170. The van der Waals surface area contributed by atoms with Gasteiger partial charge in [-0.25, -0.2) is 0 Å². The molecule has 4 aliphatic rings. The summed E-state index contributed by atoms with van der Waals surface area (Å²) in [5.74, 6) is 2.34. The van der Waals surface area contributed by atoms with E-state index in [0.717, 1.165) is 11.8 Å². The number of fused-ring (bicyclic) bond motifs is 6. The van der Waals surface area contributed by atoms with E-state index in [-0.39, 0.29) is 10.8 Å². The van der Waals surface area contributed by atoms with E-state index < -0.39 is 8.07 Å². The zero-order valence-electron chi connectivity index (χ0n) is 30.3. The van der Waals surface area contributed by atoms with Crippen molar-refractivity contribution in [3.05, 3.63) is 126 Å². The van der Waals surface area contributed by atoms with Crippen molar-refractivity contribution >= 4 is 35.5 Å². The van der Waals surface area contributed by atoms with Gasteiger partial charge >= 0.3 is 0 Å². The molecule has 2 fully saturated rings. The summed E-state index contributed by atoms with van der Waals surface area (Å²) < 4.78 is 0. The molecule has 2 bridgehead atoms. The van der Waals surface area contributed by atoms with Crippen LogP contribution >= 0.6 is 0 Å². The van der Waals surface area contributed by atoms with Crippen molar-refractivity contribution in [1.29, 1.82) is 0 Å². The van der Waals surface area contributed by atoms with Crippen LogP contribution < -0.4 is 15.3 Å². The average Bonchev–Trinajstić information content (AvgIpc) is 3.80. The van der Waals surface area contributed by atoms with Gasteiger partial charge in [-0.1, -0.05) is 132 Å². The molecule has 3 atom stereocenters. The maximum absolute atomic E-state index is 2.66. The molecule has 5 aromatic carbocycles. The first-order valence-corrected chi connectivity index (χ1v) is 21.9. The summed E-state index contributed by atoms with van der Waals surface area (Å²) in [6, 6.07) is 42.6. The van der Waals surface area contributed by atoms with Crippen molar-refractivity contribution in [2.75, 3.05) is 4.90 Å². The van der Waals surface area contributed by atoms with Crippen molar-refractivity contribution in [3.8, 4) is 22.3 Å². The first-order chi connectivity index (χ1) is 23.5. The van der Waals surface area contributed by atoms with Crippen LogP contribution in [0.4, 0.5) is 17.1 Å². The second kappa shape index (κ2) is 11.1. The lowest BCUT2D eigenvalue weighted by atomic mass is 9.61. The third kappa shape index (κ3) is 4.77. The number of hydrogen-bond donors (Lipinski definition) is 0.